The molecule has 0 saturated heterocycles. The molecule has 0 amide bonds. The van der Waals surface area contributed by atoms with Crippen LogP contribution in [0, 0.1) is 0 Å². The van der Waals surface area contributed by atoms with Crippen LogP contribution < -0.4 is 0 Å². The standard InChI is InChI=1S/C14H23F2N/c1-4-12(5-2)10-11(3)17-13-6-8-14(15,16)9-7-13/h10,13H,4-9H2,1-3H3. The zero-order valence-corrected chi connectivity index (χ0v) is 11.1. The van der Waals surface area contributed by atoms with Gasteiger partial charge in [0, 0.05) is 18.6 Å². The Labute approximate surface area is 103 Å². The van der Waals surface area contributed by atoms with Crippen LogP contribution >= 0.6 is 0 Å². The predicted octanol–water partition coefficient (Wildman–Crippen LogP) is 4.77. The molecule has 3 heteroatoms. The fraction of sp³-hybridized carbons (Fsp3) is 0.786. The first-order chi connectivity index (χ1) is 7.96. The molecule has 1 nitrogen and oxygen atoms in total. The second kappa shape index (κ2) is 6.27. The SMILES string of the molecule is CCC(=CC(C)=NC1CCC(F)(F)CC1)CC. The lowest BCUT2D eigenvalue weighted by atomic mass is 9.92. The number of alkyl halides is 2. The molecule has 98 valence electrons. The van der Waals surface area contributed by atoms with Crippen molar-refractivity contribution in [1.82, 2.24) is 0 Å². The highest BCUT2D eigenvalue weighted by Gasteiger charge is 2.34. The first kappa shape index (κ1) is 14.3. The highest BCUT2D eigenvalue weighted by molar-refractivity contribution is 5.93. The Balaban J connectivity index is 2.56. The van der Waals surface area contributed by atoms with Crippen molar-refractivity contribution in [3.63, 3.8) is 0 Å². The number of hydrogen-bond acceptors (Lipinski definition) is 1. The topological polar surface area (TPSA) is 12.4 Å². The Morgan fingerprint density at radius 2 is 1.76 bits per heavy atom. The van der Waals surface area contributed by atoms with E-state index in [1.807, 2.05) is 6.92 Å². The number of allylic oxidation sites excluding steroid dienone is 2. The fourth-order valence-corrected chi connectivity index (χ4v) is 2.23. The molecule has 0 bridgehead atoms. The summed E-state index contributed by atoms with van der Waals surface area (Å²) >= 11 is 0. The van der Waals surface area contributed by atoms with Crippen LogP contribution in [0.4, 0.5) is 8.78 Å². The molecule has 0 aliphatic heterocycles. The van der Waals surface area contributed by atoms with Gasteiger partial charge >= 0.3 is 0 Å². The minimum absolute atomic E-state index is 0.00737. The van der Waals surface area contributed by atoms with E-state index in [4.69, 9.17) is 0 Å². The number of aliphatic imine (C=N–C) groups is 1. The predicted molar refractivity (Wildman–Crippen MR) is 69.0 cm³/mol. The van der Waals surface area contributed by atoms with Crippen LogP contribution in [0.25, 0.3) is 0 Å². The second-order valence-electron chi connectivity index (χ2n) is 4.87. The van der Waals surface area contributed by atoms with Crippen molar-refractivity contribution in [2.75, 3.05) is 0 Å². The lowest BCUT2D eigenvalue weighted by Gasteiger charge is -2.26. The first-order valence-electron chi connectivity index (χ1n) is 6.58. The van der Waals surface area contributed by atoms with Gasteiger partial charge in [-0.25, -0.2) is 8.78 Å². The quantitative estimate of drug-likeness (QED) is 0.630. The van der Waals surface area contributed by atoms with Gasteiger partial charge in [0.05, 0.1) is 6.04 Å². The zero-order valence-electron chi connectivity index (χ0n) is 11.1. The van der Waals surface area contributed by atoms with Gasteiger partial charge in [-0.2, -0.15) is 0 Å². The van der Waals surface area contributed by atoms with Gasteiger partial charge in [0.1, 0.15) is 0 Å². The van der Waals surface area contributed by atoms with Crippen LogP contribution in [0.3, 0.4) is 0 Å². The van der Waals surface area contributed by atoms with Crippen LogP contribution in [0.15, 0.2) is 16.6 Å². The van der Waals surface area contributed by atoms with Gasteiger partial charge in [0.2, 0.25) is 5.92 Å². The summed E-state index contributed by atoms with van der Waals surface area (Å²) in [5.41, 5.74) is 2.35. The van der Waals surface area contributed by atoms with Crippen LogP contribution in [0.1, 0.15) is 59.3 Å². The summed E-state index contributed by atoms with van der Waals surface area (Å²) < 4.78 is 25.9. The van der Waals surface area contributed by atoms with Gasteiger partial charge in [-0.1, -0.05) is 19.4 Å². The molecule has 0 unspecified atom stereocenters. The molecule has 0 heterocycles. The van der Waals surface area contributed by atoms with Gasteiger partial charge in [-0.15, -0.1) is 0 Å². The third-order valence-electron chi connectivity index (χ3n) is 3.39. The number of rotatable bonds is 4. The highest BCUT2D eigenvalue weighted by atomic mass is 19.3. The number of hydrogen-bond donors (Lipinski definition) is 0. The Hall–Kier alpha value is -0.730. The minimum Gasteiger partial charge on any atom is -0.287 e. The number of halogens is 2. The molecule has 0 atom stereocenters. The molecule has 1 aliphatic carbocycles. The fourth-order valence-electron chi connectivity index (χ4n) is 2.23. The minimum atomic E-state index is -2.45. The third-order valence-corrected chi connectivity index (χ3v) is 3.39. The molecule has 0 radical (unpaired) electrons. The van der Waals surface area contributed by atoms with Crippen LogP contribution in [-0.2, 0) is 0 Å². The van der Waals surface area contributed by atoms with E-state index in [0.29, 0.717) is 12.8 Å². The summed E-state index contributed by atoms with van der Waals surface area (Å²) in [7, 11) is 0. The van der Waals surface area contributed by atoms with Crippen LogP contribution in [0.5, 0.6) is 0 Å². The molecule has 1 fully saturated rings. The molecule has 1 saturated carbocycles. The van der Waals surface area contributed by atoms with Gasteiger partial charge in [0.15, 0.2) is 0 Å². The first-order valence-corrected chi connectivity index (χ1v) is 6.58. The van der Waals surface area contributed by atoms with Crippen molar-refractivity contribution >= 4 is 5.71 Å². The summed E-state index contributed by atoms with van der Waals surface area (Å²) in [4.78, 5) is 4.54. The van der Waals surface area contributed by atoms with Crippen molar-refractivity contribution in [3.8, 4) is 0 Å². The van der Waals surface area contributed by atoms with E-state index in [-0.39, 0.29) is 18.9 Å². The normalized spacial score (nSPS) is 21.4. The van der Waals surface area contributed by atoms with Crippen molar-refractivity contribution in [2.24, 2.45) is 4.99 Å². The molecule has 0 aromatic heterocycles. The van der Waals surface area contributed by atoms with E-state index in [1.165, 1.54) is 5.57 Å². The van der Waals surface area contributed by atoms with Crippen molar-refractivity contribution in [3.05, 3.63) is 11.6 Å². The van der Waals surface area contributed by atoms with Crippen LogP contribution in [-0.4, -0.2) is 17.7 Å². The Kier molecular flexibility index (Phi) is 5.29. The van der Waals surface area contributed by atoms with Gasteiger partial charge < -0.3 is 0 Å². The maximum atomic E-state index is 13.0. The molecule has 1 aliphatic rings. The average Bonchev–Trinajstić information content (AvgIpc) is 2.29. The maximum absolute atomic E-state index is 13.0. The maximum Gasteiger partial charge on any atom is 0.248 e. The largest absolute Gasteiger partial charge is 0.287 e. The Bertz CT molecular complexity index is 289. The van der Waals surface area contributed by atoms with Gasteiger partial charge in [-0.05, 0) is 38.7 Å². The summed E-state index contributed by atoms with van der Waals surface area (Å²) in [6.07, 6.45) is 5.20. The van der Waals surface area contributed by atoms with E-state index in [0.717, 1.165) is 18.6 Å². The molecule has 0 spiro atoms. The Morgan fingerprint density at radius 1 is 1.24 bits per heavy atom. The summed E-state index contributed by atoms with van der Waals surface area (Å²) in [5, 5.41) is 0. The molecule has 1 rings (SSSR count). The van der Waals surface area contributed by atoms with Crippen LogP contribution in [0.2, 0.25) is 0 Å². The molecule has 0 aromatic carbocycles. The van der Waals surface area contributed by atoms with E-state index in [9.17, 15) is 8.78 Å². The monoisotopic (exact) mass is 243 g/mol. The van der Waals surface area contributed by atoms with E-state index >= 15 is 0 Å². The molecule has 0 N–H and O–H groups in total. The molecule has 0 aromatic rings. The van der Waals surface area contributed by atoms with E-state index < -0.39 is 5.92 Å². The third kappa shape index (κ3) is 4.97. The van der Waals surface area contributed by atoms with Crippen molar-refractivity contribution in [2.45, 2.75) is 71.3 Å². The summed E-state index contributed by atoms with van der Waals surface area (Å²) in [6.45, 7) is 6.23. The molecular weight excluding hydrogens is 220 g/mol. The van der Waals surface area contributed by atoms with Crippen molar-refractivity contribution < 1.29 is 8.78 Å². The smallest absolute Gasteiger partial charge is 0.248 e. The van der Waals surface area contributed by atoms with E-state index in [1.54, 1.807) is 0 Å². The van der Waals surface area contributed by atoms with Crippen molar-refractivity contribution in [1.29, 1.82) is 0 Å². The number of nitrogens with zero attached hydrogens (tertiary/aromatic N) is 1. The second-order valence-corrected chi connectivity index (χ2v) is 4.87. The zero-order chi connectivity index (χ0) is 12.9. The highest BCUT2D eigenvalue weighted by Crippen LogP contribution is 2.34. The Morgan fingerprint density at radius 3 is 2.24 bits per heavy atom. The lowest BCUT2D eigenvalue weighted by molar-refractivity contribution is -0.0373. The molecule has 17 heavy (non-hydrogen) atoms. The summed E-state index contributed by atoms with van der Waals surface area (Å²) in [6, 6.07) is 0.0980. The molecular formula is C14H23F2N. The summed E-state index contributed by atoms with van der Waals surface area (Å²) in [5.74, 6) is -2.45. The van der Waals surface area contributed by atoms with Gasteiger partial charge in [-0.3, -0.25) is 4.99 Å². The lowest BCUT2D eigenvalue weighted by Crippen LogP contribution is -2.26. The van der Waals surface area contributed by atoms with Gasteiger partial charge in [0.25, 0.3) is 0 Å². The van der Waals surface area contributed by atoms with E-state index in [2.05, 4.69) is 24.9 Å². The average molecular weight is 243 g/mol.